The van der Waals surface area contributed by atoms with Crippen molar-refractivity contribution < 1.29 is 24.2 Å². The molecule has 2 fully saturated rings. The predicted octanol–water partition coefficient (Wildman–Crippen LogP) is 5.45. The van der Waals surface area contributed by atoms with Crippen LogP contribution in [0.15, 0.2) is 35.8 Å². The van der Waals surface area contributed by atoms with Crippen LogP contribution in [-0.4, -0.2) is 59.2 Å². The molecule has 3 aromatic rings. The number of thiazole rings is 1. The van der Waals surface area contributed by atoms with Crippen molar-refractivity contribution in [3.8, 4) is 22.4 Å². The van der Waals surface area contributed by atoms with Crippen LogP contribution < -0.4 is 9.80 Å². The number of aliphatic carboxylic acids is 1. The molecule has 3 aliphatic rings. The summed E-state index contributed by atoms with van der Waals surface area (Å²) in [6, 6.07) is 7.59. The molecule has 0 spiro atoms. The molecule has 1 atom stereocenters. The van der Waals surface area contributed by atoms with Crippen molar-refractivity contribution in [1.82, 2.24) is 9.97 Å². The van der Waals surface area contributed by atoms with E-state index in [9.17, 15) is 19.5 Å². The fourth-order valence-corrected chi connectivity index (χ4v) is 6.86. The van der Waals surface area contributed by atoms with E-state index >= 15 is 0 Å². The van der Waals surface area contributed by atoms with E-state index < -0.39 is 11.9 Å². The number of hydrogen-bond donors (Lipinski definition) is 1. The summed E-state index contributed by atoms with van der Waals surface area (Å²) in [7, 11) is 1.73. The number of carbonyl (C=O) groups excluding carboxylic acids is 2. The topological polar surface area (TPSA) is 113 Å². The highest BCUT2D eigenvalue weighted by Gasteiger charge is 2.40. The van der Waals surface area contributed by atoms with Gasteiger partial charge in [-0.3, -0.25) is 24.2 Å². The normalized spacial score (nSPS) is 17.9. The van der Waals surface area contributed by atoms with Crippen molar-refractivity contribution >= 4 is 51.7 Å². The van der Waals surface area contributed by atoms with Crippen molar-refractivity contribution in [2.45, 2.75) is 51.0 Å². The molecule has 1 aliphatic carbocycles. The Morgan fingerprint density at radius 1 is 1.20 bits per heavy atom. The van der Waals surface area contributed by atoms with Gasteiger partial charge in [0.25, 0.3) is 0 Å². The number of carbonyl (C=O) groups is 3. The molecule has 0 bridgehead atoms. The van der Waals surface area contributed by atoms with Crippen LogP contribution in [0.2, 0.25) is 5.02 Å². The lowest BCUT2D eigenvalue weighted by atomic mass is 9.86. The standard InChI is InChI=1S/C30H31ClN4O5S/c1-34-26(36)12-18-11-20(15-32-28(18)34)23-5-2-21(31)14-24(23)25-16-41-30(33-25)35(22-3-4-22)29(39)19(13-27(37)38)10-17-6-8-40-9-7-17/h2,5,11,14-17,19,22H,3-4,6-10,12-13H2,1H3,(H,37,38). The van der Waals surface area contributed by atoms with Crippen LogP contribution in [0.5, 0.6) is 0 Å². The Labute approximate surface area is 247 Å². The summed E-state index contributed by atoms with van der Waals surface area (Å²) in [5.41, 5.74) is 4.06. The Morgan fingerprint density at radius 2 is 1.98 bits per heavy atom. The molecule has 2 aliphatic heterocycles. The van der Waals surface area contributed by atoms with E-state index in [1.54, 1.807) is 23.0 Å². The third-order valence-corrected chi connectivity index (χ3v) is 9.20. The van der Waals surface area contributed by atoms with E-state index in [0.29, 0.717) is 47.7 Å². The Balaban J connectivity index is 1.31. The van der Waals surface area contributed by atoms with Crippen LogP contribution in [0, 0.1) is 11.8 Å². The summed E-state index contributed by atoms with van der Waals surface area (Å²) in [6.07, 6.45) is 5.82. The molecule has 1 saturated heterocycles. The number of carboxylic acid groups (broad SMARTS) is 1. The van der Waals surface area contributed by atoms with Gasteiger partial charge in [0.1, 0.15) is 5.82 Å². The maximum atomic E-state index is 13.9. The lowest BCUT2D eigenvalue weighted by Crippen LogP contribution is -2.40. The monoisotopic (exact) mass is 594 g/mol. The minimum Gasteiger partial charge on any atom is -0.481 e. The maximum absolute atomic E-state index is 13.9. The second kappa shape index (κ2) is 11.5. The molecule has 0 radical (unpaired) electrons. The number of halogens is 1. The number of pyridine rings is 1. The molecule has 9 nitrogen and oxygen atoms in total. The zero-order valence-electron chi connectivity index (χ0n) is 22.7. The van der Waals surface area contributed by atoms with Crippen LogP contribution >= 0.6 is 22.9 Å². The molecule has 1 N–H and O–H groups in total. The van der Waals surface area contributed by atoms with E-state index in [4.69, 9.17) is 21.3 Å². The first-order valence-corrected chi connectivity index (χ1v) is 15.2. The van der Waals surface area contributed by atoms with Crippen molar-refractivity contribution in [3.05, 3.63) is 46.4 Å². The molecule has 2 amide bonds. The first-order valence-electron chi connectivity index (χ1n) is 13.9. The smallest absolute Gasteiger partial charge is 0.304 e. The van der Waals surface area contributed by atoms with Crippen LogP contribution in [0.4, 0.5) is 10.9 Å². The second-order valence-electron chi connectivity index (χ2n) is 11.1. The van der Waals surface area contributed by atoms with Crippen LogP contribution in [0.25, 0.3) is 22.4 Å². The highest BCUT2D eigenvalue weighted by atomic mass is 35.5. The predicted molar refractivity (Wildman–Crippen MR) is 157 cm³/mol. The lowest BCUT2D eigenvalue weighted by molar-refractivity contribution is -0.141. The molecule has 6 rings (SSSR count). The summed E-state index contributed by atoms with van der Waals surface area (Å²) >= 11 is 7.81. The number of ether oxygens (including phenoxy) is 1. The van der Waals surface area contributed by atoms with Gasteiger partial charge in [-0.1, -0.05) is 17.7 Å². The van der Waals surface area contributed by atoms with Gasteiger partial charge in [-0.2, -0.15) is 0 Å². The average Bonchev–Trinajstić information content (AvgIpc) is 3.59. The number of rotatable bonds is 9. The van der Waals surface area contributed by atoms with Gasteiger partial charge >= 0.3 is 5.97 Å². The number of aromatic nitrogens is 2. The first-order chi connectivity index (χ1) is 19.8. The Bertz CT molecular complexity index is 1500. The molecule has 11 heteroatoms. The van der Waals surface area contributed by atoms with Gasteiger partial charge in [0.05, 0.1) is 18.5 Å². The van der Waals surface area contributed by atoms with Gasteiger partial charge in [-0.15, -0.1) is 11.3 Å². The van der Waals surface area contributed by atoms with Gasteiger partial charge in [-0.25, -0.2) is 9.97 Å². The highest BCUT2D eigenvalue weighted by molar-refractivity contribution is 7.14. The number of anilines is 2. The zero-order chi connectivity index (χ0) is 28.7. The van der Waals surface area contributed by atoms with Crippen molar-refractivity contribution in [3.63, 3.8) is 0 Å². The molecular formula is C30H31ClN4O5S. The van der Waals surface area contributed by atoms with Crippen molar-refractivity contribution in [2.24, 2.45) is 11.8 Å². The lowest BCUT2D eigenvalue weighted by Gasteiger charge is -2.29. The Hall–Kier alpha value is -3.34. The average molecular weight is 595 g/mol. The highest BCUT2D eigenvalue weighted by Crippen LogP contribution is 2.41. The summed E-state index contributed by atoms with van der Waals surface area (Å²) in [4.78, 5) is 50.6. The van der Waals surface area contributed by atoms with E-state index in [1.807, 2.05) is 29.6 Å². The molecule has 41 heavy (non-hydrogen) atoms. The molecule has 1 unspecified atom stereocenters. The largest absolute Gasteiger partial charge is 0.481 e. The fraction of sp³-hybridized carbons (Fsp3) is 0.433. The molecule has 2 aromatic heterocycles. The maximum Gasteiger partial charge on any atom is 0.304 e. The van der Waals surface area contributed by atoms with Crippen LogP contribution in [-0.2, 0) is 25.5 Å². The van der Waals surface area contributed by atoms with Crippen LogP contribution in [0.1, 0.15) is 44.1 Å². The number of amides is 2. The summed E-state index contributed by atoms with van der Waals surface area (Å²) < 4.78 is 5.46. The zero-order valence-corrected chi connectivity index (χ0v) is 24.3. The summed E-state index contributed by atoms with van der Waals surface area (Å²) in [5, 5.41) is 12.7. The molecule has 214 valence electrons. The number of hydrogen-bond acceptors (Lipinski definition) is 7. The second-order valence-corrected chi connectivity index (χ2v) is 12.3. The number of carboxylic acids is 1. The van der Waals surface area contributed by atoms with Gasteiger partial charge in [0, 0.05) is 65.5 Å². The summed E-state index contributed by atoms with van der Waals surface area (Å²) in [5.74, 6) is -0.789. The minimum absolute atomic E-state index is 0.00739. The SMILES string of the molecule is CN1C(=O)Cc2cc(-c3ccc(Cl)cc3-c3csc(N(C(=O)C(CC(=O)O)CC4CCOCC4)C4CC4)n3)cnc21. The van der Waals surface area contributed by atoms with Gasteiger partial charge in [0.2, 0.25) is 11.8 Å². The van der Waals surface area contributed by atoms with E-state index in [0.717, 1.165) is 47.9 Å². The Kier molecular flexibility index (Phi) is 7.80. The fourth-order valence-electron chi connectivity index (χ4n) is 5.79. The molecule has 1 aromatic carbocycles. The number of fused-ring (bicyclic) bond motifs is 1. The quantitative estimate of drug-likeness (QED) is 0.350. The number of benzene rings is 1. The number of nitrogens with zero attached hydrogens (tertiary/aromatic N) is 4. The molecule has 4 heterocycles. The van der Waals surface area contributed by atoms with Gasteiger partial charge in [-0.05, 0) is 61.8 Å². The first kappa shape index (κ1) is 27.8. The van der Waals surface area contributed by atoms with Crippen LogP contribution in [0.3, 0.4) is 0 Å². The minimum atomic E-state index is -0.967. The molecular weight excluding hydrogens is 564 g/mol. The number of likely N-dealkylation sites (N-methyl/N-ethyl adjacent to an activating group) is 1. The third kappa shape index (κ3) is 5.86. The van der Waals surface area contributed by atoms with Gasteiger partial charge < -0.3 is 9.84 Å². The van der Waals surface area contributed by atoms with Crippen molar-refractivity contribution in [1.29, 1.82) is 0 Å². The van der Waals surface area contributed by atoms with E-state index in [1.165, 1.54) is 11.3 Å². The van der Waals surface area contributed by atoms with E-state index in [-0.39, 0.29) is 30.2 Å². The third-order valence-electron chi connectivity index (χ3n) is 8.12. The van der Waals surface area contributed by atoms with Gasteiger partial charge in [0.15, 0.2) is 5.13 Å². The summed E-state index contributed by atoms with van der Waals surface area (Å²) in [6.45, 7) is 1.30. The Morgan fingerprint density at radius 3 is 2.71 bits per heavy atom. The van der Waals surface area contributed by atoms with Crippen molar-refractivity contribution in [2.75, 3.05) is 30.1 Å². The molecule has 1 saturated carbocycles. The van der Waals surface area contributed by atoms with E-state index in [2.05, 4.69) is 4.98 Å².